The van der Waals surface area contributed by atoms with Gasteiger partial charge in [-0.15, -0.1) is 0 Å². The summed E-state index contributed by atoms with van der Waals surface area (Å²) in [6, 6.07) is 13.3. The highest BCUT2D eigenvalue weighted by Crippen LogP contribution is 2.10. The monoisotopic (exact) mass is 387 g/mol. The molecule has 0 aliphatic rings. The molecule has 0 saturated heterocycles. The summed E-state index contributed by atoms with van der Waals surface area (Å²) in [5.74, 6) is 0.613. The highest BCUT2D eigenvalue weighted by atomic mass is 35.5. The fourth-order valence-corrected chi connectivity index (χ4v) is 2.48. The number of halogens is 1. The average molecular weight is 388 g/mol. The van der Waals surface area contributed by atoms with Gasteiger partial charge in [-0.1, -0.05) is 29.8 Å². The lowest BCUT2D eigenvalue weighted by Crippen LogP contribution is -2.44. The van der Waals surface area contributed by atoms with Gasteiger partial charge in [0.15, 0.2) is 5.96 Å². The Kier molecular flexibility index (Phi) is 8.58. The number of hydrogen-bond acceptors (Lipinski definition) is 3. The van der Waals surface area contributed by atoms with Gasteiger partial charge in [0, 0.05) is 43.5 Å². The highest BCUT2D eigenvalue weighted by Gasteiger charge is 2.10. The Balaban J connectivity index is 1.81. The molecule has 1 heterocycles. The summed E-state index contributed by atoms with van der Waals surface area (Å²) in [5.41, 5.74) is 2.03. The molecule has 0 unspecified atom stereocenters. The molecule has 7 heteroatoms. The fourth-order valence-electron chi connectivity index (χ4n) is 2.35. The maximum absolute atomic E-state index is 12.3. The second-order valence-corrected chi connectivity index (χ2v) is 6.50. The Morgan fingerprint density at radius 1 is 1.19 bits per heavy atom. The van der Waals surface area contributed by atoms with Crippen LogP contribution in [0, 0.1) is 0 Å². The van der Waals surface area contributed by atoms with E-state index in [0.29, 0.717) is 24.1 Å². The third-order valence-electron chi connectivity index (χ3n) is 3.94. The molecule has 144 valence electrons. The summed E-state index contributed by atoms with van der Waals surface area (Å²) in [5, 5.41) is 6.94. The van der Waals surface area contributed by atoms with Crippen molar-refractivity contribution in [2.24, 2.45) is 4.99 Å². The quantitative estimate of drug-likeness (QED) is 0.539. The van der Waals surface area contributed by atoms with Gasteiger partial charge in [-0.2, -0.15) is 0 Å². The molecule has 2 aromatic rings. The van der Waals surface area contributed by atoms with Gasteiger partial charge < -0.3 is 15.5 Å². The van der Waals surface area contributed by atoms with Crippen LogP contribution in [0.15, 0.2) is 53.7 Å². The van der Waals surface area contributed by atoms with Gasteiger partial charge in [0.1, 0.15) is 0 Å². The third-order valence-corrected chi connectivity index (χ3v) is 4.19. The standard InChI is InChI=1S/C20H26ClN5O/c1-3-22-20(24-14-16-7-9-17(21)10-8-16)25-15-19(27)26(2)13-11-18-6-4-5-12-23-18/h4-10,12H,3,11,13-15H2,1-2H3,(H2,22,24,25). The van der Waals surface area contributed by atoms with Crippen molar-refractivity contribution in [1.29, 1.82) is 0 Å². The van der Waals surface area contributed by atoms with Crippen LogP contribution >= 0.6 is 11.6 Å². The van der Waals surface area contributed by atoms with E-state index in [4.69, 9.17) is 11.6 Å². The topological polar surface area (TPSA) is 69.6 Å². The minimum Gasteiger partial charge on any atom is -0.357 e. The number of rotatable bonds is 8. The molecule has 0 spiro atoms. The summed E-state index contributed by atoms with van der Waals surface area (Å²) in [7, 11) is 1.80. The van der Waals surface area contributed by atoms with Crippen LogP contribution in [-0.2, 0) is 17.8 Å². The molecule has 0 fully saturated rings. The second-order valence-electron chi connectivity index (χ2n) is 6.06. The van der Waals surface area contributed by atoms with Crippen molar-refractivity contribution in [1.82, 2.24) is 20.5 Å². The van der Waals surface area contributed by atoms with Crippen LogP contribution < -0.4 is 10.6 Å². The molecule has 0 aliphatic heterocycles. The molecular formula is C20H26ClN5O. The first-order chi connectivity index (χ1) is 13.1. The zero-order valence-electron chi connectivity index (χ0n) is 15.8. The van der Waals surface area contributed by atoms with Crippen molar-refractivity contribution in [2.45, 2.75) is 19.9 Å². The van der Waals surface area contributed by atoms with Gasteiger partial charge in [-0.3, -0.25) is 9.78 Å². The van der Waals surface area contributed by atoms with Crippen molar-refractivity contribution in [2.75, 3.05) is 26.7 Å². The van der Waals surface area contributed by atoms with Gasteiger partial charge in [-0.25, -0.2) is 4.99 Å². The lowest BCUT2D eigenvalue weighted by molar-refractivity contribution is -0.128. The molecule has 1 amide bonds. The number of guanidine groups is 1. The molecule has 0 aliphatic carbocycles. The number of benzene rings is 1. The first kappa shape index (κ1) is 20.7. The average Bonchev–Trinajstić information content (AvgIpc) is 2.70. The van der Waals surface area contributed by atoms with E-state index in [1.165, 1.54) is 0 Å². The normalized spacial score (nSPS) is 11.1. The largest absolute Gasteiger partial charge is 0.357 e. The van der Waals surface area contributed by atoms with E-state index >= 15 is 0 Å². The van der Waals surface area contributed by atoms with E-state index in [9.17, 15) is 4.79 Å². The molecule has 0 saturated carbocycles. The number of likely N-dealkylation sites (N-methyl/N-ethyl adjacent to an activating group) is 1. The minimum absolute atomic E-state index is 0.00280. The van der Waals surface area contributed by atoms with Gasteiger partial charge in [-0.05, 0) is 36.8 Å². The number of nitrogens with one attached hydrogen (secondary N) is 2. The Hall–Kier alpha value is -2.60. The number of hydrogen-bond donors (Lipinski definition) is 2. The molecule has 0 radical (unpaired) electrons. The number of aliphatic imine (C=N–C) groups is 1. The summed E-state index contributed by atoms with van der Waals surface area (Å²) in [4.78, 5) is 22.8. The predicted octanol–water partition coefficient (Wildman–Crippen LogP) is 2.49. The van der Waals surface area contributed by atoms with Crippen molar-refractivity contribution in [3.63, 3.8) is 0 Å². The van der Waals surface area contributed by atoms with Gasteiger partial charge >= 0.3 is 0 Å². The first-order valence-electron chi connectivity index (χ1n) is 8.99. The van der Waals surface area contributed by atoms with E-state index in [0.717, 1.165) is 24.2 Å². The fraction of sp³-hybridized carbons (Fsp3) is 0.350. The van der Waals surface area contributed by atoms with Crippen molar-refractivity contribution >= 4 is 23.5 Å². The number of pyridine rings is 1. The van der Waals surface area contributed by atoms with Crippen LogP contribution in [0.2, 0.25) is 5.02 Å². The third kappa shape index (κ3) is 7.66. The van der Waals surface area contributed by atoms with Crippen molar-refractivity contribution < 1.29 is 4.79 Å². The molecule has 6 nitrogen and oxygen atoms in total. The van der Waals surface area contributed by atoms with E-state index in [1.54, 1.807) is 18.1 Å². The van der Waals surface area contributed by atoms with Crippen LogP contribution in [0.25, 0.3) is 0 Å². The Morgan fingerprint density at radius 2 is 1.96 bits per heavy atom. The SMILES string of the molecule is CCNC(=NCc1ccc(Cl)cc1)NCC(=O)N(C)CCc1ccccn1. The van der Waals surface area contributed by atoms with Crippen molar-refractivity contribution in [3.8, 4) is 0 Å². The maximum atomic E-state index is 12.3. The lowest BCUT2D eigenvalue weighted by Gasteiger charge is -2.18. The minimum atomic E-state index is 0.00280. The molecule has 2 N–H and O–H groups in total. The summed E-state index contributed by atoms with van der Waals surface area (Å²) in [6.45, 7) is 4.02. The van der Waals surface area contributed by atoms with Crippen LogP contribution in [0.1, 0.15) is 18.2 Å². The van der Waals surface area contributed by atoms with Crippen LogP contribution in [0.4, 0.5) is 0 Å². The molecule has 0 bridgehead atoms. The van der Waals surface area contributed by atoms with Crippen molar-refractivity contribution in [3.05, 3.63) is 64.9 Å². The molecule has 1 aromatic heterocycles. The molecule has 2 rings (SSSR count). The molecule has 1 aromatic carbocycles. The van der Waals surface area contributed by atoms with Crippen LogP contribution in [0.5, 0.6) is 0 Å². The predicted molar refractivity (Wildman–Crippen MR) is 110 cm³/mol. The summed E-state index contributed by atoms with van der Waals surface area (Å²) in [6.07, 6.45) is 2.49. The smallest absolute Gasteiger partial charge is 0.241 e. The highest BCUT2D eigenvalue weighted by molar-refractivity contribution is 6.30. The summed E-state index contributed by atoms with van der Waals surface area (Å²) >= 11 is 5.90. The number of aromatic nitrogens is 1. The van der Waals surface area contributed by atoms with Crippen LogP contribution in [0.3, 0.4) is 0 Å². The first-order valence-corrected chi connectivity index (χ1v) is 9.36. The van der Waals surface area contributed by atoms with E-state index < -0.39 is 0 Å². The Labute approximate surface area is 165 Å². The number of amides is 1. The number of carbonyl (C=O) groups excluding carboxylic acids is 1. The summed E-state index contributed by atoms with van der Waals surface area (Å²) < 4.78 is 0. The zero-order chi connectivity index (χ0) is 19.5. The van der Waals surface area contributed by atoms with E-state index in [2.05, 4.69) is 20.6 Å². The van der Waals surface area contributed by atoms with Gasteiger partial charge in [0.05, 0.1) is 13.1 Å². The zero-order valence-corrected chi connectivity index (χ0v) is 16.5. The lowest BCUT2D eigenvalue weighted by atomic mass is 10.2. The Morgan fingerprint density at radius 3 is 2.63 bits per heavy atom. The van der Waals surface area contributed by atoms with Gasteiger partial charge in [0.2, 0.25) is 5.91 Å². The number of carbonyl (C=O) groups is 1. The molecular weight excluding hydrogens is 362 g/mol. The van der Waals surface area contributed by atoms with Crippen LogP contribution in [-0.4, -0.2) is 48.4 Å². The van der Waals surface area contributed by atoms with E-state index in [-0.39, 0.29) is 12.5 Å². The number of nitrogens with zero attached hydrogens (tertiary/aromatic N) is 3. The maximum Gasteiger partial charge on any atom is 0.241 e. The second kappa shape index (κ2) is 11.2. The molecule has 0 atom stereocenters. The molecule has 27 heavy (non-hydrogen) atoms. The van der Waals surface area contributed by atoms with Gasteiger partial charge in [0.25, 0.3) is 0 Å². The Bertz CT molecular complexity index is 734. The van der Waals surface area contributed by atoms with E-state index in [1.807, 2.05) is 49.4 Å².